The molecule has 8 heteroatoms. The van der Waals surface area contributed by atoms with Gasteiger partial charge in [-0.3, -0.25) is 9.59 Å². The molecule has 0 aromatic heterocycles. The summed E-state index contributed by atoms with van der Waals surface area (Å²) < 4.78 is 0. The fourth-order valence-electron chi connectivity index (χ4n) is 1.88. The lowest BCUT2D eigenvalue weighted by Gasteiger charge is -2.04. The van der Waals surface area contributed by atoms with Gasteiger partial charge in [-0.05, 0) is 49.2 Å². The summed E-state index contributed by atoms with van der Waals surface area (Å²) in [5.74, 6) is -1.85. The summed E-state index contributed by atoms with van der Waals surface area (Å²) in [5.41, 5.74) is 6.97. The Morgan fingerprint density at radius 1 is 0.692 bits per heavy atom. The third-order valence-electron chi connectivity index (χ3n) is 3.38. The highest BCUT2D eigenvalue weighted by Crippen LogP contribution is 2.11. The van der Waals surface area contributed by atoms with E-state index in [1.165, 1.54) is 0 Å². The molecule has 134 valence electrons. The smallest absolute Gasteiger partial charge is 0.262 e. The lowest BCUT2D eigenvalue weighted by atomic mass is 10.1. The number of nitrogens with zero attached hydrogens (tertiary/aromatic N) is 2. The standard InChI is InChI=1S/C18H16Cl2N4O2/c1-11(13-3-7-15(19)8-4-13)21-23-17(25)18(26)24-22-12(2)14-5-9-16(20)10-6-14/h3-10H,1-2H3,(H,23,25)(H,24,26)/b21-11+,22-12+. The van der Waals surface area contributed by atoms with Crippen LogP contribution in [0.3, 0.4) is 0 Å². The molecule has 2 aromatic carbocycles. The second kappa shape index (κ2) is 9.12. The van der Waals surface area contributed by atoms with Crippen LogP contribution in [0.4, 0.5) is 0 Å². The first-order chi connectivity index (χ1) is 12.4. The Labute approximate surface area is 160 Å². The number of carbonyl (C=O) groups is 2. The molecule has 2 rings (SSSR count). The van der Waals surface area contributed by atoms with Crippen LogP contribution in [-0.4, -0.2) is 23.2 Å². The number of hydrogen-bond donors (Lipinski definition) is 2. The predicted octanol–water partition coefficient (Wildman–Crippen LogP) is 3.37. The van der Waals surface area contributed by atoms with Gasteiger partial charge in [-0.2, -0.15) is 10.2 Å². The molecular formula is C18H16Cl2N4O2. The van der Waals surface area contributed by atoms with Crippen molar-refractivity contribution in [2.24, 2.45) is 10.2 Å². The van der Waals surface area contributed by atoms with E-state index in [-0.39, 0.29) is 0 Å². The molecule has 0 spiro atoms. The van der Waals surface area contributed by atoms with Crippen molar-refractivity contribution >= 4 is 46.4 Å². The second-order valence-corrected chi connectivity index (χ2v) is 6.16. The molecule has 0 saturated carbocycles. The Morgan fingerprint density at radius 2 is 1.00 bits per heavy atom. The number of hydrogen-bond acceptors (Lipinski definition) is 4. The minimum atomic E-state index is -0.925. The number of rotatable bonds is 4. The average molecular weight is 391 g/mol. The Balaban J connectivity index is 1.93. The van der Waals surface area contributed by atoms with Gasteiger partial charge in [0.2, 0.25) is 0 Å². The molecule has 0 unspecified atom stereocenters. The zero-order valence-electron chi connectivity index (χ0n) is 14.1. The van der Waals surface area contributed by atoms with Crippen LogP contribution in [0.5, 0.6) is 0 Å². The minimum absolute atomic E-state index is 0.531. The Morgan fingerprint density at radius 3 is 1.31 bits per heavy atom. The number of nitrogens with one attached hydrogen (secondary N) is 2. The summed E-state index contributed by atoms with van der Waals surface area (Å²) in [6.07, 6.45) is 0. The fraction of sp³-hybridized carbons (Fsp3) is 0.111. The molecule has 0 aliphatic carbocycles. The van der Waals surface area contributed by atoms with Crippen molar-refractivity contribution in [2.45, 2.75) is 13.8 Å². The fourth-order valence-corrected chi connectivity index (χ4v) is 2.13. The van der Waals surface area contributed by atoms with Gasteiger partial charge in [0.1, 0.15) is 0 Å². The van der Waals surface area contributed by atoms with E-state index in [0.29, 0.717) is 21.5 Å². The molecule has 0 heterocycles. The number of hydrazone groups is 2. The molecule has 0 fully saturated rings. The third kappa shape index (κ3) is 5.68. The molecule has 6 nitrogen and oxygen atoms in total. The molecule has 26 heavy (non-hydrogen) atoms. The maximum absolute atomic E-state index is 11.8. The van der Waals surface area contributed by atoms with Crippen LogP contribution >= 0.6 is 23.2 Å². The van der Waals surface area contributed by atoms with Crippen molar-refractivity contribution in [3.63, 3.8) is 0 Å². The molecule has 0 saturated heterocycles. The average Bonchev–Trinajstić information content (AvgIpc) is 2.64. The molecule has 2 amide bonds. The van der Waals surface area contributed by atoms with Crippen molar-refractivity contribution in [1.29, 1.82) is 0 Å². The minimum Gasteiger partial charge on any atom is -0.262 e. The van der Waals surface area contributed by atoms with Gasteiger partial charge < -0.3 is 0 Å². The lowest BCUT2D eigenvalue weighted by molar-refractivity contribution is -0.139. The molecule has 0 aliphatic heterocycles. The van der Waals surface area contributed by atoms with Gasteiger partial charge in [-0.25, -0.2) is 10.9 Å². The van der Waals surface area contributed by atoms with Crippen LogP contribution < -0.4 is 10.9 Å². The number of amides is 2. The lowest BCUT2D eigenvalue weighted by Crippen LogP contribution is -2.36. The highest BCUT2D eigenvalue weighted by molar-refractivity contribution is 6.35. The van der Waals surface area contributed by atoms with Crippen LogP contribution in [0.25, 0.3) is 0 Å². The van der Waals surface area contributed by atoms with Gasteiger partial charge in [0.15, 0.2) is 0 Å². The molecule has 0 radical (unpaired) electrons. The van der Waals surface area contributed by atoms with Gasteiger partial charge in [-0.15, -0.1) is 0 Å². The van der Waals surface area contributed by atoms with Crippen molar-refractivity contribution in [3.8, 4) is 0 Å². The highest BCUT2D eigenvalue weighted by Gasteiger charge is 2.12. The van der Waals surface area contributed by atoms with E-state index in [4.69, 9.17) is 23.2 Å². The zero-order valence-corrected chi connectivity index (χ0v) is 15.6. The molecule has 2 aromatic rings. The largest absolute Gasteiger partial charge is 0.331 e. The second-order valence-electron chi connectivity index (χ2n) is 5.29. The van der Waals surface area contributed by atoms with Crippen LogP contribution in [-0.2, 0) is 9.59 Å². The molecule has 0 atom stereocenters. The zero-order chi connectivity index (χ0) is 19.1. The van der Waals surface area contributed by atoms with E-state index in [1.807, 2.05) is 0 Å². The number of halogens is 2. The summed E-state index contributed by atoms with van der Waals surface area (Å²) in [4.78, 5) is 23.6. The van der Waals surface area contributed by atoms with E-state index < -0.39 is 11.8 Å². The van der Waals surface area contributed by atoms with E-state index in [9.17, 15) is 9.59 Å². The van der Waals surface area contributed by atoms with Gasteiger partial charge in [0.05, 0.1) is 11.4 Å². The van der Waals surface area contributed by atoms with Crippen molar-refractivity contribution < 1.29 is 9.59 Å². The summed E-state index contributed by atoms with van der Waals surface area (Å²) in [5, 5.41) is 8.97. The van der Waals surface area contributed by atoms with E-state index >= 15 is 0 Å². The Bertz CT molecular complexity index is 786. The first-order valence-corrected chi connectivity index (χ1v) is 8.33. The van der Waals surface area contributed by atoms with E-state index in [1.54, 1.807) is 62.4 Å². The SMILES string of the molecule is C/C(=N\NC(=O)C(=O)N/N=C(\C)c1ccc(Cl)cc1)c1ccc(Cl)cc1. The monoisotopic (exact) mass is 390 g/mol. The molecule has 2 N–H and O–H groups in total. The Hall–Kier alpha value is -2.70. The summed E-state index contributed by atoms with van der Waals surface area (Å²) in [7, 11) is 0. The van der Waals surface area contributed by atoms with Crippen molar-refractivity contribution in [2.75, 3.05) is 0 Å². The maximum Gasteiger partial charge on any atom is 0.331 e. The molecule has 0 aliphatic rings. The highest BCUT2D eigenvalue weighted by atomic mass is 35.5. The van der Waals surface area contributed by atoms with E-state index in [2.05, 4.69) is 21.1 Å². The van der Waals surface area contributed by atoms with Crippen LogP contribution in [0.15, 0.2) is 58.7 Å². The quantitative estimate of drug-likeness (QED) is 0.476. The summed E-state index contributed by atoms with van der Waals surface area (Å²) >= 11 is 11.6. The topological polar surface area (TPSA) is 82.9 Å². The number of benzene rings is 2. The van der Waals surface area contributed by atoms with Crippen LogP contribution in [0.1, 0.15) is 25.0 Å². The summed E-state index contributed by atoms with van der Waals surface area (Å²) in [6.45, 7) is 3.40. The van der Waals surface area contributed by atoms with Crippen molar-refractivity contribution in [1.82, 2.24) is 10.9 Å². The predicted molar refractivity (Wildman–Crippen MR) is 104 cm³/mol. The normalized spacial score (nSPS) is 11.8. The van der Waals surface area contributed by atoms with E-state index in [0.717, 1.165) is 11.1 Å². The molecular weight excluding hydrogens is 375 g/mol. The molecule has 0 bridgehead atoms. The number of carbonyl (C=O) groups excluding carboxylic acids is 2. The van der Waals surface area contributed by atoms with Gasteiger partial charge in [-0.1, -0.05) is 47.5 Å². The summed E-state index contributed by atoms with van der Waals surface area (Å²) in [6, 6.07) is 13.9. The van der Waals surface area contributed by atoms with Crippen molar-refractivity contribution in [3.05, 3.63) is 69.7 Å². The van der Waals surface area contributed by atoms with Gasteiger partial charge in [0, 0.05) is 10.0 Å². The van der Waals surface area contributed by atoms with Gasteiger partial charge in [0.25, 0.3) is 0 Å². The van der Waals surface area contributed by atoms with Gasteiger partial charge >= 0.3 is 11.8 Å². The maximum atomic E-state index is 11.8. The first-order valence-electron chi connectivity index (χ1n) is 7.57. The van der Waals surface area contributed by atoms with Crippen LogP contribution in [0.2, 0.25) is 10.0 Å². The third-order valence-corrected chi connectivity index (χ3v) is 3.88. The first kappa shape index (κ1) is 19.6. The Kier molecular flexibility index (Phi) is 6.89. The van der Waals surface area contributed by atoms with Crippen LogP contribution in [0, 0.1) is 0 Å².